The Labute approximate surface area is 119 Å². The standard InChI is InChI=1S/C18H31N/c1-8-18(5,6)15-11-9-14(10-12-15)16(19-7)13-17(2,3)4/h9-12,16,19H,8,13H2,1-7H3. The molecule has 1 aromatic rings. The summed E-state index contributed by atoms with van der Waals surface area (Å²) in [5.74, 6) is 0. The summed E-state index contributed by atoms with van der Waals surface area (Å²) < 4.78 is 0. The van der Waals surface area contributed by atoms with Gasteiger partial charge in [-0.25, -0.2) is 0 Å². The van der Waals surface area contributed by atoms with E-state index in [1.165, 1.54) is 17.5 Å². The lowest BCUT2D eigenvalue weighted by atomic mass is 9.80. The third-order valence-corrected chi connectivity index (χ3v) is 4.14. The number of nitrogens with one attached hydrogen (secondary N) is 1. The molecule has 19 heavy (non-hydrogen) atoms. The largest absolute Gasteiger partial charge is 0.313 e. The molecule has 0 aliphatic heterocycles. The lowest BCUT2D eigenvalue weighted by Gasteiger charge is -2.27. The zero-order chi connectivity index (χ0) is 14.7. The Hall–Kier alpha value is -0.820. The van der Waals surface area contributed by atoms with E-state index in [0.29, 0.717) is 11.5 Å². The van der Waals surface area contributed by atoms with E-state index in [2.05, 4.69) is 78.2 Å². The summed E-state index contributed by atoms with van der Waals surface area (Å²) in [5, 5.41) is 3.45. The molecule has 0 heterocycles. The highest BCUT2D eigenvalue weighted by molar-refractivity contribution is 5.29. The van der Waals surface area contributed by atoms with Crippen LogP contribution in [0.25, 0.3) is 0 Å². The molecule has 1 rings (SSSR count). The van der Waals surface area contributed by atoms with Crippen molar-refractivity contribution < 1.29 is 0 Å². The van der Waals surface area contributed by atoms with Crippen LogP contribution in [-0.4, -0.2) is 7.05 Å². The molecule has 1 nitrogen and oxygen atoms in total. The molecule has 0 fully saturated rings. The normalized spacial score (nSPS) is 14.5. The molecule has 1 heteroatoms. The van der Waals surface area contributed by atoms with Gasteiger partial charge in [0.1, 0.15) is 0 Å². The minimum atomic E-state index is 0.275. The Morgan fingerprint density at radius 3 is 1.89 bits per heavy atom. The van der Waals surface area contributed by atoms with Crippen molar-refractivity contribution in [1.29, 1.82) is 0 Å². The summed E-state index contributed by atoms with van der Waals surface area (Å²) in [6, 6.07) is 9.62. The Balaban J connectivity index is 2.91. The minimum absolute atomic E-state index is 0.275. The van der Waals surface area contributed by atoms with Crippen molar-refractivity contribution in [1.82, 2.24) is 5.32 Å². The SMILES string of the molecule is CCC(C)(C)c1ccc(C(CC(C)(C)C)NC)cc1. The van der Waals surface area contributed by atoms with E-state index in [1.807, 2.05) is 0 Å². The van der Waals surface area contributed by atoms with Gasteiger partial charge in [-0.1, -0.05) is 65.8 Å². The van der Waals surface area contributed by atoms with Gasteiger partial charge in [0.15, 0.2) is 0 Å². The molecule has 1 atom stereocenters. The molecule has 0 radical (unpaired) electrons. The molecule has 0 spiro atoms. The van der Waals surface area contributed by atoms with Gasteiger partial charge in [0.2, 0.25) is 0 Å². The highest BCUT2D eigenvalue weighted by Crippen LogP contribution is 2.31. The van der Waals surface area contributed by atoms with Crippen LogP contribution in [0.4, 0.5) is 0 Å². The van der Waals surface area contributed by atoms with Crippen LogP contribution >= 0.6 is 0 Å². The molecule has 0 saturated heterocycles. The van der Waals surface area contributed by atoms with E-state index >= 15 is 0 Å². The predicted molar refractivity (Wildman–Crippen MR) is 85.6 cm³/mol. The van der Waals surface area contributed by atoms with Crippen molar-refractivity contribution in [2.45, 2.75) is 65.8 Å². The first-order chi connectivity index (χ1) is 8.69. The molecule has 0 amide bonds. The third-order valence-electron chi connectivity index (χ3n) is 4.14. The lowest BCUT2D eigenvalue weighted by molar-refractivity contribution is 0.320. The van der Waals surface area contributed by atoms with Gasteiger partial charge in [0.25, 0.3) is 0 Å². The zero-order valence-corrected chi connectivity index (χ0v) is 13.8. The van der Waals surface area contributed by atoms with Crippen LogP contribution < -0.4 is 5.32 Å². The summed E-state index contributed by atoms with van der Waals surface area (Å²) in [5.41, 5.74) is 3.45. The van der Waals surface area contributed by atoms with Crippen LogP contribution in [0, 0.1) is 5.41 Å². The van der Waals surface area contributed by atoms with Gasteiger partial charge in [-0.2, -0.15) is 0 Å². The van der Waals surface area contributed by atoms with Crippen molar-refractivity contribution in [3.05, 3.63) is 35.4 Å². The number of hydrogen-bond donors (Lipinski definition) is 1. The number of hydrogen-bond acceptors (Lipinski definition) is 1. The number of benzene rings is 1. The van der Waals surface area contributed by atoms with Crippen molar-refractivity contribution in [2.75, 3.05) is 7.05 Å². The highest BCUT2D eigenvalue weighted by Gasteiger charge is 2.21. The first-order valence-corrected chi connectivity index (χ1v) is 7.47. The van der Waals surface area contributed by atoms with E-state index in [0.717, 1.165) is 6.42 Å². The highest BCUT2D eigenvalue weighted by atomic mass is 14.9. The molecule has 0 aliphatic rings. The average Bonchev–Trinajstić information content (AvgIpc) is 2.35. The maximum absolute atomic E-state index is 3.45. The summed E-state index contributed by atoms with van der Waals surface area (Å²) in [6.07, 6.45) is 2.32. The van der Waals surface area contributed by atoms with Crippen LogP contribution in [0.5, 0.6) is 0 Å². The minimum Gasteiger partial charge on any atom is -0.313 e. The number of rotatable bonds is 5. The van der Waals surface area contributed by atoms with Crippen LogP contribution in [-0.2, 0) is 5.41 Å². The Morgan fingerprint density at radius 1 is 1.00 bits per heavy atom. The molecular weight excluding hydrogens is 230 g/mol. The van der Waals surface area contributed by atoms with Crippen molar-refractivity contribution >= 4 is 0 Å². The second-order valence-corrected chi connectivity index (χ2v) is 7.47. The molecule has 0 bridgehead atoms. The van der Waals surface area contributed by atoms with Crippen molar-refractivity contribution in [3.63, 3.8) is 0 Å². The van der Waals surface area contributed by atoms with Gasteiger partial charge in [-0.05, 0) is 41.8 Å². The molecular formula is C18H31N. The van der Waals surface area contributed by atoms with Gasteiger partial charge >= 0.3 is 0 Å². The van der Waals surface area contributed by atoms with Crippen LogP contribution in [0.15, 0.2) is 24.3 Å². The zero-order valence-electron chi connectivity index (χ0n) is 13.8. The molecule has 1 unspecified atom stereocenters. The van der Waals surface area contributed by atoms with Gasteiger partial charge in [-0.15, -0.1) is 0 Å². The van der Waals surface area contributed by atoms with Gasteiger partial charge in [0.05, 0.1) is 0 Å². The van der Waals surface area contributed by atoms with Crippen LogP contribution in [0.2, 0.25) is 0 Å². The first-order valence-electron chi connectivity index (χ1n) is 7.47. The fraction of sp³-hybridized carbons (Fsp3) is 0.667. The molecule has 108 valence electrons. The van der Waals surface area contributed by atoms with Gasteiger partial charge < -0.3 is 5.32 Å². The fourth-order valence-corrected chi connectivity index (χ4v) is 2.37. The van der Waals surface area contributed by atoms with E-state index < -0.39 is 0 Å². The summed E-state index contributed by atoms with van der Waals surface area (Å²) >= 11 is 0. The van der Waals surface area contributed by atoms with Crippen LogP contribution in [0.1, 0.15) is 71.6 Å². The quantitative estimate of drug-likeness (QED) is 0.780. The third kappa shape index (κ3) is 4.65. The summed E-state index contributed by atoms with van der Waals surface area (Å²) in [4.78, 5) is 0. The maximum atomic E-state index is 3.45. The summed E-state index contributed by atoms with van der Waals surface area (Å²) in [7, 11) is 2.06. The molecule has 0 saturated carbocycles. The second kappa shape index (κ2) is 6.09. The Kier molecular flexibility index (Phi) is 5.20. The monoisotopic (exact) mass is 261 g/mol. The van der Waals surface area contributed by atoms with Gasteiger partial charge in [0, 0.05) is 6.04 Å². The lowest BCUT2D eigenvalue weighted by Crippen LogP contribution is -2.23. The molecule has 0 aromatic heterocycles. The topological polar surface area (TPSA) is 12.0 Å². The smallest absolute Gasteiger partial charge is 0.0322 e. The van der Waals surface area contributed by atoms with Crippen molar-refractivity contribution in [2.24, 2.45) is 5.41 Å². The van der Waals surface area contributed by atoms with Gasteiger partial charge in [-0.3, -0.25) is 0 Å². The van der Waals surface area contributed by atoms with Crippen molar-refractivity contribution in [3.8, 4) is 0 Å². The molecule has 1 N–H and O–H groups in total. The molecule has 1 aromatic carbocycles. The Morgan fingerprint density at radius 2 is 1.53 bits per heavy atom. The maximum Gasteiger partial charge on any atom is 0.0322 e. The fourth-order valence-electron chi connectivity index (χ4n) is 2.37. The van der Waals surface area contributed by atoms with E-state index in [4.69, 9.17) is 0 Å². The van der Waals surface area contributed by atoms with E-state index in [-0.39, 0.29) is 5.41 Å². The van der Waals surface area contributed by atoms with Crippen LogP contribution in [0.3, 0.4) is 0 Å². The Bertz CT molecular complexity index is 381. The average molecular weight is 261 g/mol. The summed E-state index contributed by atoms with van der Waals surface area (Å²) in [6.45, 7) is 13.8. The predicted octanol–water partition coefficient (Wildman–Crippen LogP) is 5.07. The van der Waals surface area contributed by atoms with E-state index in [9.17, 15) is 0 Å². The molecule has 0 aliphatic carbocycles. The second-order valence-electron chi connectivity index (χ2n) is 7.47. The van der Waals surface area contributed by atoms with E-state index in [1.54, 1.807) is 0 Å². The first kappa shape index (κ1) is 16.2.